The lowest BCUT2D eigenvalue weighted by Crippen LogP contribution is -2.17. The summed E-state index contributed by atoms with van der Waals surface area (Å²) in [7, 11) is 0. The zero-order chi connectivity index (χ0) is 24.1. The van der Waals surface area contributed by atoms with Crippen LogP contribution in [0.4, 0.5) is 5.69 Å². The van der Waals surface area contributed by atoms with E-state index in [2.05, 4.69) is 53.8 Å². The smallest absolute Gasteiger partial charge is 0.234 e. The number of benzene rings is 2. The van der Waals surface area contributed by atoms with Crippen molar-refractivity contribution in [3.63, 3.8) is 0 Å². The topological polar surface area (TPSA) is 69.0 Å². The molecule has 0 bridgehead atoms. The summed E-state index contributed by atoms with van der Waals surface area (Å²) in [5.74, 6) is 2.16. The number of rotatable bonds is 9. The molecule has 0 spiro atoms. The number of aromatic nitrogens is 3. The van der Waals surface area contributed by atoms with Gasteiger partial charge in [-0.1, -0.05) is 55.9 Å². The van der Waals surface area contributed by atoms with E-state index >= 15 is 0 Å². The number of anilines is 1. The first-order valence-electron chi connectivity index (χ1n) is 11.4. The SMILES string of the molecule is Cc1ccc(C)c(NC(=O)CSc2nnc(C(C)Oc3ccccc3C(C)C)n2C(C)C)c1. The number of carbonyl (C=O) groups excluding carboxylic acids is 1. The number of hydrogen-bond donors (Lipinski definition) is 1. The van der Waals surface area contributed by atoms with E-state index in [1.165, 1.54) is 11.8 Å². The summed E-state index contributed by atoms with van der Waals surface area (Å²) in [5, 5.41) is 12.5. The maximum absolute atomic E-state index is 12.6. The van der Waals surface area contributed by atoms with E-state index in [4.69, 9.17) is 4.74 Å². The van der Waals surface area contributed by atoms with Crippen molar-refractivity contribution in [1.29, 1.82) is 0 Å². The average Bonchev–Trinajstić information content (AvgIpc) is 3.19. The van der Waals surface area contributed by atoms with E-state index < -0.39 is 0 Å². The Bertz CT molecular complexity index is 1110. The largest absolute Gasteiger partial charge is 0.482 e. The summed E-state index contributed by atoms with van der Waals surface area (Å²) in [6, 6.07) is 14.3. The van der Waals surface area contributed by atoms with E-state index in [1.54, 1.807) is 0 Å². The van der Waals surface area contributed by atoms with E-state index in [-0.39, 0.29) is 23.8 Å². The molecule has 0 saturated carbocycles. The lowest BCUT2D eigenvalue weighted by molar-refractivity contribution is -0.113. The van der Waals surface area contributed by atoms with E-state index in [9.17, 15) is 4.79 Å². The Morgan fingerprint density at radius 1 is 1.06 bits per heavy atom. The molecule has 0 saturated heterocycles. The van der Waals surface area contributed by atoms with Gasteiger partial charge >= 0.3 is 0 Å². The maximum Gasteiger partial charge on any atom is 0.234 e. The number of thioether (sulfide) groups is 1. The highest BCUT2D eigenvalue weighted by atomic mass is 32.2. The summed E-state index contributed by atoms with van der Waals surface area (Å²) >= 11 is 1.39. The van der Waals surface area contributed by atoms with Crippen LogP contribution in [0, 0.1) is 13.8 Å². The van der Waals surface area contributed by atoms with E-state index in [0.29, 0.717) is 11.1 Å². The summed E-state index contributed by atoms with van der Waals surface area (Å²) in [5.41, 5.74) is 4.16. The molecular weight excluding hydrogens is 432 g/mol. The molecule has 3 aromatic rings. The van der Waals surface area contributed by atoms with Crippen LogP contribution >= 0.6 is 11.8 Å². The van der Waals surface area contributed by atoms with Gasteiger partial charge in [-0.3, -0.25) is 4.79 Å². The standard InChI is InChI=1S/C26H34N4O2S/c1-16(2)21-10-8-9-11-23(21)32-20(7)25-28-29-26(30(25)17(3)4)33-15-24(31)27-22-14-18(5)12-13-19(22)6/h8-14,16-17,20H,15H2,1-7H3,(H,27,31). The lowest BCUT2D eigenvalue weighted by atomic mass is 10.0. The highest BCUT2D eigenvalue weighted by molar-refractivity contribution is 7.99. The van der Waals surface area contributed by atoms with Crippen LogP contribution in [0.15, 0.2) is 47.6 Å². The molecule has 1 aromatic heterocycles. The van der Waals surface area contributed by atoms with Crippen molar-refractivity contribution >= 4 is 23.4 Å². The first-order valence-corrected chi connectivity index (χ1v) is 12.4. The van der Waals surface area contributed by atoms with Crippen LogP contribution in [-0.2, 0) is 4.79 Å². The summed E-state index contributed by atoms with van der Waals surface area (Å²) < 4.78 is 8.37. The van der Waals surface area contributed by atoms with Crippen LogP contribution in [-0.4, -0.2) is 26.4 Å². The van der Waals surface area contributed by atoms with Crippen LogP contribution < -0.4 is 10.1 Å². The van der Waals surface area contributed by atoms with Gasteiger partial charge < -0.3 is 14.6 Å². The minimum absolute atomic E-state index is 0.0660. The van der Waals surface area contributed by atoms with Crippen LogP contribution in [0.2, 0.25) is 0 Å². The molecule has 1 N–H and O–H groups in total. The van der Waals surface area contributed by atoms with Crippen molar-refractivity contribution < 1.29 is 9.53 Å². The zero-order valence-corrected chi connectivity index (χ0v) is 21.4. The quantitative estimate of drug-likeness (QED) is 0.366. The molecule has 1 unspecified atom stereocenters. The molecule has 0 aliphatic heterocycles. The Hall–Kier alpha value is -2.80. The Morgan fingerprint density at radius 3 is 2.48 bits per heavy atom. The average molecular weight is 467 g/mol. The van der Waals surface area contributed by atoms with Gasteiger partial charge in [0.25, 0.3) is 0 Å². The van der Waals surface area contributed by atoms with E-state index in [1.807, 2.05) is 57.2 Å². The number of para-hydroxylation sites is 1. The highest BCUT2D eigenvalue weighted by Gasteiger charge is 2.23. The number of ether oxygens (including phenoxy) is 1. The Balaban J connectivity index is 1.73. The minimum atomic E-state index is -0.280. The van der Waals surface area contributed by atoms with Gasteiger partial charge in [-0.05, 0) is 69.4 Å². The number of hydrogen-bond acceptors (Lipinski definition) is 5. The van der Waals surface area contributed by atoms with Crippen molar-refractivity contribution in [2.45, 2.75) is 71.7 Å². The van der Waals surface area contributed by atoms with Crippen LogP contribution in [0.25, 0.3) is 0 Å². The predicted molar refractivity (Wildman–Crippen MR) is 135 cm³/mol. The predicted octanol–water partition coefficient (Wildman–Crippen LogP) is 6.47. The molecule has 0 fully saturated rings. The number of amides is 1. The molecule has 1 amide bonds. The molecule has 0 aliphatic carbocycles. The third-order valence-corrected chi connectivity index (χ3v) is 6.36. The molecule has 176 valence electrons. The fourth-order valence-corrected chi connectivity index (χ4v) is 4.52. The van der Waals surface area contributed by atoms with Gasteiger partial charge in [0.05, 0.1) is 5.75 Å². The summed E-state index contributed by atoms with van der Waals surface area (Å²) in [6.07, 6.45) is -0.280. The Labute approximate surface area is 201 Å². The molecule has 2 aromatic carbocycles. The van der Waals surface area contributed by atoms with Gasteiger partial charge in [-0.25, -0.2) is 0 Å². The Morgan fingerprint density at radius 2 is 1.79 bits per heavy atom. The normalized spacial score (nSPS) is 12.3. The molecular formula is C26H34N4O2S. The first-order chi connectivity index (χ1) is 15.7. The highest BCUT2D eigenvalue weighted by Crippen LogP contribution is 2.32. The van der Waals surface area contributed by atoms with Crippen molar-refractivity contribution in [3.8, 4) is 5.75 Å². The van der Waals surface area contributed by atoms with Crippen molar-refractivity contribution in [2.24, 2.45) is 0 Å². The van der Waals surface area contributed by atoms with Crippen molar-refractivity contribution in [3.05, 3.63) is 65.0 Å². The van der Waals surface area contributed by atoms with Crippen LogP contribution in [0.3, 0.4) is 0 Å². The molecule has 0 aliphatic rings. The number of nitrogens with one attached hydrogen (secondary N) is 1. The first kappa shape index (κ1) is 24.8. The van der Waals surface area contributed by atoms with Gasteiger partial charge in [-0.2, -0.15) is 0 Å². The maximum atomic E-state index is 12.6. The monoisotopic (exact) mass is 466 g/mol. The van der Waals surface area contributed by atoms with E-state index in [0.717, 1.165) is 34.0 Å². The second-order valence-corrected chi connectivity index (χ2v) is 9.85. The van der Waals surface area contributed by atoms with Gasteiger partial charge in [0.2, 0.25) is 5.91 Å². The van der Waals surface area contributed by atoms with Gasteiger partial charge in [0.1, 0.15) is 5.75 Å². The summed E-state index contributed by atoms with van der Waals surface area (Å²) in [4.78, 5) is 12.6. The minimum Gasteiger partial charge on any atom is -0.482 e. The third-order valence-electron chi connectivity index (χ3n) is 5.42. The molecule has 1 heterocycles. The number of aryl methyl sites for hydroxylation is 2. The number of carbonyl (C=O) groups is 1. The second kappa shape index (κ2) is 10.9. The third kappa shape index (κ3) is 6.16. The molecule has 3 rings (SSSR count). The van der Waals surface area contributed by atoms with Crippen LogP contribution in [0.1, 0.15) is 75.2 Å². The fraction of sp³-hybridized carbons (Fsp3) is 0.423. The zero-order valence-electron chi connectivity index (χ0n) is 20.5. The number of nitrogens with zero attached hydrogens (tertiary/aromatic N) is 3. The van der Waals surface area contributed by atoms with Gasteiger partial charge in [0.15, 0.2) is 17.1 Å². The van der Waals surface area contributed by atoms with Gasteiger partial charge in [-0.15, -0.1) is 10.2 Å². The molecule has 6 nitrogen and oxygen atoms in total. The lowest BCUT2D eigenvalue weighted by Gasteiger charge is -2.21. The van der Waals surface area contributed by atoms with Gasteiger partial charge in [0, 0.05) is 11.7 Å². The van der Waals surface area contributed by atoms with Crippen LogP contribution in [0.5, 0.6) is 5.75 Å². The summed E-state index contributed by atoms with van der Waals surface area (Å²) in [6.45, 7) is 14.5. The van der Waals surface area contributed by atoms with Crippen molar-refractivity contribution in [2.75, 3.05) is 11.1 Å². The molecule has 1 atom stereocenters. The van der Waals surface area contributed by atoms with Crippen molar-refractivity contribution in [1.82, 2.24) is 14.8 Å². The Kier molecular flexibility index (Phi) is 8.19. The molecule has 0 radical (unpaired) electrons. The molecule has 33 heavy (non-hydrogen) atoms. The second-order valence-electron chi connectivity index (χ2n) is 8.91. The molecule has 7 heteroatoms. The fourth-order valence-electron chi connectivity index (χ4n) is 3.64.